The summed E-state index contributed by atoms with van der Waals surface area (Å²) < 4.78 is 37.5. The van der Waals surface area contributed by atoms with Crippen molar-refractivity contribution in [3.8, 4) is 5.75 Å². The second-order valence-electron chi connectivity index (χ2n) is 4.86. The molecule has 0 bridgehead atoms. The van der Waals surface area contributed by atoms with E-state index in [2.05, 4.69) is 0 Å². The average molecular weight is 271 g/mol. The number of rotatable bonds is 1. The van der Waals surface area contributed by atoms with E-state index in [1.54, 1.807) is 0 Å². The summed E-state index contributed by atoms with van der Waals surface area (Å²) in [5.41, 5.74) is 0.476. The number of hydrogen-bond donors (Lipinski definition) is 1. The Labute approximate surface area is 109 Å². The molecular weight excluding hydrogens is 256 g/mol. The SMILES string of the molecule is Oc1cc(N2CCC3(CC2)OCCO3)cc(F)c1F. The highest BCUT2D eigenvalue weighted by Gasteiger charge is 2.39. The first-order valence-corrected chi connectivity index (χ1v) is 6.31. The minimum atomic E-state index is -1.21. The number of piperidine rings is 1. The molecule has 4 nitrogen and oxygen atoms in total. The molecule has 0 aliphatic carbocycles. The molecule has 0 aromatic heterocycles. The van der Waals surface area contributed by atoms with Crippen LogP contribution in [-0.4, -0.2) is 37.2 Å². The van der Waals surface area contributed by atoms with Crippen LogP contribution in [0.25, 0.3) is 0 Å². The van der Waals surface area contributed by atoms with Crippen molar-refractivity contribution in [3.05, 3.63) is 23.8 Å². The van der Waals surface area contributed by atoms with Crippen LogP contribution in [0.15, 0.2) is 12.1 Å². The summed E-state index contributed by atoms with van der Waals surface area (Å²) in [6.07, 6.45) is 1.35. The van der Waals surface area contributed by atoms with Gasteiger partial charge in [0.05, 0.1) is 13.2 Å². The second-order valence-corrected chi connectivity index (χ2v) is 4.86. The Balaban J connectivity index is 1.74. The Kier molecular flexibility index (Phi) is 3.06. The lowest BCUT2D eigenvalue weighted by Gasteiger charge is -2.38. The predicted octanol–water partition coefficient (Wildman–Crippen LogP) is 2.01. The van der Waals surface area contributed by atoms with E-state index in [1.165, 1.54) is 6.07 Å². The summed E-state index contributed by atoms with van der Waals surface area (Å²) >= 11 is 0. The van der Waals surface area contributed by atoms with Crippen molar-refractivity contribution in [2.45, 2.75) is 18.6 Å². The number of hydrogen-bond acceptors (Lipinski definition) is 4. The molecule has 2 heterocycles. The molecule has 3 rings (SSSR count). The summed E-state index contributed by atoms with van der Waals surface area (Å²) in [5, 5.41) is 9.33. The quantitative estimate of drug-likeness (QED) is 0.848. The molecule has 104 valence electrons. The second kappa shape index (κ2) is 4.61. The maximum absolute atomic E-state index is 13.3. The summed E-state index contributed by atoms with van der Waals surface area (Å²) in [6.45, 7) is 2.44. The Morgan fingerprint density at radius 2 is 1.74 bits per heavy atom. The number of halogens is 2. The molecule has 6 heteroatoms. The molecule has 0 radical (unpaired) electrons. The van der Waals surface area contributed by atoms with Crippen molar-refractivity contribution >= 4 is 5.69 Å². The van der Waals surface area contributed by atoms with Crippen LogP contribution in [0.3, 0.4) is 0 Å². The van der Waals surface area contributed by atoms with Crippen LogP contribution in [0, 0.1) is 11.6 Å². The fraction of sp³-hybridized carbons (Fsp3) is 0.538. The monoisotopic (exact) mass is 271 g/mol. The van der Waals surface area contributed by atoms with Gasteiger partial charge in [-0.05, 0) is 0 Å². The molecule has 0 atom stereocenters. The molecule has 1 aromatic carbocycles. The fourth-order valence-electron chi connectivity index (χ4n) is 2.63. The van der Waals surface area contributed by atoms with Gasteiger partial charge in [0.1, 0.15) is 0 Å². The van der Waals surface area contributed by atoms with Crippen LogP contribution >= 0.6 is 0 Å². The first-order chi connectivity index (χ1) is 9.10. The Hall–Kier alpha value is -1.40. The van der Waals surface area contributed by atoms with Gasteiger partial charge in [0.2, 0.25) is 0 Å². The van der Waals surface area contributed by atoms with E-state index in [4.69, 9.17) is 9.47 Å². The highest BCUT2D eigenvalue weighted by atomic mass is 19.2. The number of phenols is 1. The maximum atomic E-state index is 13.3. The number of nitrogens with zero attached hydrogens (tertiary/aromatic N) is 1. The van der Waals surface area contributed by atoms with E-state index >= 15 is 0 Å². The van der Waals surface area contributed by atoms with Crippen LogP contribution in [0.2, 0.25) is 0 Å². The van der Waals surface area contributed by atoms with Gasteiger partial charge in [-0.25, -0.2) is 4.39 Å². The molecule has 19 heavy (non-hydrogen) atoms. The van der Waals surface area contributed by atoms with Crippen LogP contribution in [0.4, 0.5) is 14.5 Å². The first kappa shape index (κ1) is 12.6. The third kappa shape index (κ3) is 2.26. The molecule has 0 unspecified atom stereocenters. The van der Waals surface area contributed by atoms with E-state index in [0.29, 0.717) is 44.8 Å². The van der Waals surface area contributed by atoms with Crippen LogP contribution in [0.1, 0.15) is 12.8 Å². The van der Waals surface area contributed by atoms with Gasteiger partial charge in [-0.1, -0.05) is 0 Å². The third-order valence-electron chi connectivity index (χ3n) is 3.70. The van der Waals surface area contributed by atoms with Crippen molar-refractivity contribution < 1.29 is 23.4 Å². The first-order valence-electron chi connectivity index (χ1n) is 6.31. The van der Waals surface area contributed by atoms with Gasteiger partial charge in [-0.15, -0.1) is 0 Å². The molecule has 0 amide bonds. The minimum Gasteiger partial charge on any atom is -0.505 e. The molecule has 1 spiro atoms. The summed E-state index contributed by atoms with van der Waals surface area (Å²) in [4.78, 5) is 1.89. The lowest BCUT2D eigenvalue weighted by Crippen LogP contribution is -2.45. The zero-order chi connectivity index (χ0) is 13.5. The van der Waals surface area contributed by atoms with Crippen molar-refractivity contribution in [1.82, 2.24) is 0 Å². The minimum absolute atomic E-state index is 0.476. The van der Waals surface area contributed by atoms with Gasteiger partial charge < -0.3 is 19.5 Å². The number of benzene rings is 1. The topological polar surface area (TPSA) is 41.9 Å². The van der Waals surface area contributed by atoms with E-state index in [1.807, 2.05) is 4.90 Å². The molecule has 2 saturated heterocycles. The molecule has 2 aliphatic heterocycles. The Bertz CT molecular complexity index is 456. The third-order valence-corrected chi connectivity index (χ3v) is 3.70. The molecule has 2 aliphatic rings. The normalized spacial score (nSPS) is 22.1. The van der Waals surface area contributed by atoms with Crippen molar-refractivity contribution in [2.24, 2.45) is 0 Å². The zero-order valence-electron chi connectivity index (χ0n) is 10.4. The molecule has 1 N–H and O–H groups in total. The highest BCUT2D eigenvalue weighted by Crippen LogP contribution is 2.34. The number of phenolic OH excluding ortho intramolecular Hbond substituents is 1. The van der Waals surface area contributed by atoms with E-state index in [-0.39, 0.29) is 0 Å². The summed E-state index contributed by atoms with van der Waals surface area (Å²) in [6, 6.07) is 2.34. The van der Waals surface area contributed by atoms with Crippen molar-refractivity contribution in [2.75, 3.05) is 31.2 Å². The zero-order valence-corrected chi connectivity index (χ0v) is 10.4. The van der Waals surface area contributed by atoms with Gasteiger partial charge in [0.25, 0.3) is 0 Å². The smallest absolute Gasteiger partial charge is 0.200 e. The van der Waals surface area contributed by atoms with E-state index < -0.39 is 23.2 Å². The van der Waals surface area contributed by atoms with Gasteiger partial charge in [-0.3, -0.25) is 0 Å². The van der Waals surface area contributed by atoms with Crippen LogP contribution in [0.5, 0.6) is 5.75 Å². The number of aromatic hydroxyl groups is 1. The van der Waals surface area contributed by atoms with Gasteiger partial charge >= 0.3 is 0 Å². The van der Waals surface area contributed by atoms with Crippen LogP contribution in [-0.2, 0) is 9.47 Å². The van der Waals surface area contributed by atoms with Crippen molar-refractivity contribution in [3.63, 3.8) is 0 Å². The average Bonchev–Trinajstić information content (AvgIpc) is 2.85. The molecule has 1 aromatic rings. The number of ether oxygens (including phenoxy) is 2. The van der Waals surface area contributed by atoms with Gasteiger partial charge in [0.15, 0.2) is 23.2 Å². The van der Waals surface area contributed by atoms with E-state index in [9.17, 15) is 13.9 Å². The van der Waals surface area contributed by atoms with Crippen LogP contribution < -0.4 is 4.90 Å². The lowest BCUT2D eigenvalue weighted by atomic mass is 10.0. The predicted molar refractivity (Wildman–Crippen MR) is 64.1 cm³/mol. The lowest BCUT2D eigenvalue weighted by molar-refractivity contribution is -0.169. The van der Waals surface area contributed by atoms with Gasteiger partial charge in [-0.2, -0.15) is 4.39 Å². The van der Waals surface area contributed by atoms with Gasteiger partial charge in [0, 0.05) is 43.8 Å². The summed E-state index contributed by atoms with van der Waals surface area (Å²) in [7, 11) is 0. The molecule has 2 fully saturated rings. The molecule has 0 saturated carbocycles. The van der Waals surface area contributed by atoms with E-state index in [0.717, 1.165) is 6.07 Å². The maximum Gasteiger partial charge on any atom is 0.200 e. The molecular formula is C13H15F2NO3. The summed E-state index contributed by atoms with van der Waals surface area (Å²) in [5.74, 6) is -3.41. The van der Waals surface area contributed by atoms with Crippen molar-refractivity contribution in [1.29, 1.82) is 0 Å². The Morgan fingerprint density at radius 1 is 1.11 bits per heavy atom. The number of anilines is 1. The largest absolute Gasteiger partial charge is 0.505 e. The standard InChI is InChI=1S/C13H15F2NO3/c14-10-7-9(8-11(17)12(10)15)16-3-1-13(2-4-16)18-5-6-19-13/h7-8,17H,1-6H2. The Morgan fingerprint density at radius 3 is 2.32 bits per heavy atom. The highest BCUT2D eigenvalue weighted by molar-refractivity contribution is 5.51. The fourth-order valence-corrected chi connectivity index (χ4v) is 2.63.